The maximum atomic E-state index is 6.24. The van der Waals surface area contributed by atoms with Gasteiger partial charge in [0.05, 0.1) is 39.1 Å². The average Bonchev–Trinajstić information content (AvgIpc) is 2.53. The molecule has 0 heterocycles. The van der Waals surface area contributed by atoms with E-state index in [1.807, 2.05) is 18.2 Å². The second-order valence-corrected chi connectivity index (χ2v) is 4.85. The molecule has 0 bridgehead atoms. The molecule has 0 radical (unpaired) electrons. The lowest BCUT2D eigenvalue weighted by atomic mass is 10.00. The number of hydrogen-bond acceptors (Lipinski definition) is 4. The topological polar surface area (TPSA) is 53.7 Å². The van der Waals surface area contributed by atoms with Gasteiger partial charge in [-0.25, -0.2) is 0 Å². The Hall–Kier alpha value is -1.46. The van der Waals surface area contributed by atoms with E-state index in [1.54, 1.807) is 7.11 Å². The molecule has 4 heteroatoms. The van der Waals surface area contributed by atoms with E-state index < -0.39 is 0 Å². The Morgan fingerprint density at radius 2 is 1.62 bits per heavy atom. The molecule has 1 atom stereocenters. The fourth-order valence-electron chi connectivity index (χ4n) is 2.24. The maximum Gasteiger partial charge on any atom is 0.0701 e. The molecule has 0 fully saturated rings. The summed E-state index contributed by atoms with van der Waals surface area (Å²) < 4.78 is 15.8. The molecule has 0 aromatic heterocycles. The fraction of sp³-hybridized carbons (Fsp3) is 0.412. The zero-order chi connectivity index (χ0) is 14.9. The lowest BCUT2D eigenvalue weighted by Gasteiger charge is -2.15. The number of fused-ring (bicyclic) bond motifs is 1. The van der Waals surface area contributed by atoms with Crippen molar-refractivity contribution in [3.05, 3.63) is 48.0 Å². The molecule has 0 amide bonds. The third-order valence-corrected chi connectivity index (χ3v) is 3.32. The van der Waals surface area contributed by atoms with Crippen LogP contribution in [-0.2, 0) is 14.2 Å². The zero-order valence-corrected chi connectivity index (χ0v) is 12.5. The van der Waals surface area contributed by atoms with Gasteiger partial charge < -0.3 is 19.9 Å². The van der Waals surface area contributed by atoms with E-state index in [-0.39, 0.29) is 6.04 Å². The highest BCUT2D eigenvalue weighted by molar-refractivity contribution is 5.86. The summed E-state index contributed by atoms with van der Waals surface area (Å²) in [7, 11) is 1.66. The molecule has 21 heavy (non-hydrogen) atoms. The fourth-order valence-corrected chi connectivity index (χ4v) is 2.24. The van der Waals surface area contributed by atoms with Gasteiger partial charge in [0.15, 0.2) is 0 Å². The van der Waals surface area contributed by atoms with Crippen molar-refractivity contribution in [2.75, 3.05) is 40.1 Å². The van der Waals surface area contributed by atoms with Crippen molar-refractivity contribution >= 4 is 10.8 Å². The van der Waals surface area contributed by atoms with Gasteiger partial charge in [0.1, 0.15) is 0 Å². The Balaban J connectivity index is 1.81. The Kier molecular flexibility index (Phi) is 6.63. The molecule has 4 nitrogen and oxygen atoms in total. The lowest BCUT2D eigenvalue weighted by Crippen LogP contribution is -2.19. The van der Waals surface area contributed by atoms with Crippen LogP contribution in [-0.4, -0.2) is 40.1 Å². The van der Waals surface area contributed by atoms with Crippen molar-refractivity contribution in [3.63, 3.8) is 0 Å². The van der Waals surface area contributed by atoms with Crippen LogP contribution >= 0.6 is 0 Å². The number of nitrogens with two attached hydrogens (primary N) is 1. The van der Waals surface area contributed by atoms with Crippen LogP contribution in [0.1, 0.15) is 11.6 Å². The standard InChI is InChI=1S/C17H23NO3/c1-19-9-10-20-11-12-21-13-17(18)16-8-4-6-14-5-2-3-7-15(14)16/h2-8,17H,9-13,18H2,1H3. The molecule has 114 valence electrons. The SMILES string of the molecule is COCCOCCOCC(N)c1cccc2ccccc12. The van der Waals surface area contributed by atoms with Gasteiger partial charge in [0, 0.05) is 7.11 Å². The highest BCUT2D eigenvalue weighted by atomic mass is 16.5. The van der Waals surface area contributed by atoms with E-state index in [4.69, 9.17) is 19.9 Å². The zero-order valence-electron chi connectivity index (χ0n) is 12.5. The highest BCUT2D eigenvalue weighted by Crippen LogP contribution is 2.23. The molecular formula is C17H23NO3. The highest BCUT2D eigenvalue weighted by Gasteiger charge is 2.09. The van der Waals surface area contributed by atoms with Gasteiger partial charge in [0.2, 0.25) is 0 Å². The Morgan fingerprint density at radius 1 is 0.905 bits per heavy atom. The van der Waals surface area contributed by atoms with E-state index in [0.29, 0.717) is 33.0 Å². The monoisotopic (exact) mass is 289 g/mol. The second kappa shape index (κ2) is 8.74. The van der Waals surface area contributed by atoms with Crippen molar-refractivity contribution in [1.82, 2.24) is 0 Å². The minimum absolute atomic E-state index is 0.130. The quantitative estimate of drug-likeness (QED) is 0.721. The lowest BCUT2D eigenvalue weighted by molar-refractivity contribution is 0.0216. The average molecular weight is 289 g/mol. The summed E-state index contributed by atoms with van der Waals surface area (Å²) in [6.07, 6.45) is 0. The first-order valence-corrected chi connectivity index (χ1v) is 7.20. The van der Waals surface area contributed by atoms with Crippen LogP contribution < -0.4 is 5.73 Å². The van der Waals surface area contributed by atoms with Crippen molar-refractivity contribution in [2.45, 2.75) is 6.04 Å². The third-order valence-electron chi connectivity index (χ3n) is 3.32. The first-order chi connectivity index (χ1) is 10.3. The molecule has 2 N–H and O–H groups in total. The Morgan fingerprint density at radius 3 is 2.48 bits per heavy atom. The normalized spacial score (nSPS) is 12.7. The third kappa shape index (κ3) is 4.79. The van der Waals surface area contributed by atoms with Gasteiger partial charge >= 0.3 is 0 Å². The molecule has 2 aromatic rings. The van der Waals surface area contributed by atoms with E-state index in [9.17, 15) is 0 Å². The molecule has 0 saturated heterocycles. The van der Waals surface area contributed by atoms with E-state index in [2.05, 4.69) is 24.3 Å². The first kappa shape index (κ1) is 15.9. The van der Waals surface area contributed by atoms with Gasteiger partial charge in [-0.3, -0.25) is 0 Å². The molecule has 2 rings (SSSR count). The first-order valence-electron chi connectivity index (χ1n) is 7.20. The number of benzene rings is 2. The molecule has 1 unspecified atom stereocenters. The maximum absolute atomic E-state index is 6.24. The van der Waals surface area contributed by atoms with Crippen molar-refractivity contribution < 1.29 is 14.2 Å². The van der Waals surface area contributed by atoms with Gasteiger partial charge in [0.25, 0.3) is 0 Å². The largest absolute Gasteiger partial charge is 0.382 e. The van der Waals surface area contributed by atoms with Crippen LogP contribution in [0.2, 0.25) is 0 Å². The summed E-state index contributed by atoms with van der Waals surface area (Å²) in [5.74, 6) is 0. The van der Waals surface area contributed by atoms with Crippen LogP contribution in [0.4, 0.5) is 0 Å². The Bertz CT molecular complexity index is 539. The summed E-state index contributed by atoms with van der Waals surface area (Å²) in [4.78, 5) is 0. The van der Waals surface area contributed by atoms with Gasteiger partial charge in [-0.05, 0) is 16.3 Å². The number of hydrogen-bond donors (Lipinski definition) is 1. The molecule has 0 aliphatic carbocycles. The molecular weight excluding hydrogens is 266 g/mol. The minimum Gasteiger partial charge on any atom is -0.382 e. The Labute approximate surface area is 125 Å². The minimum atomic E-state index is -0.130. The van der Waals surface area contributed by atoms with Gasteiger partial charge in [-0.15, -0.1) is 0 Å². The van der Waals surface area contributed by atoms with Crippen LogP contribution in [0, 0.1) is 0 Å². The molecule has 0 spiro atoms. The summed E-state index contributed by atoms with van der Waals surface area (Å²) >= 11 is 0. The predicted octanol–water partition coefficient (Wildman–Crippen LogP) is 2.52. The number of ether oxygens (including phenoxy) is 3. The van der Waals surface area contributed by atoms with Crippen molar-refractivity contribution in [2.24, 2.45) is 5.73 Å². The molecule has 0 aliphatic rings. The molecule has 0 saturated carbocycles. The molecule has 2 aromatic carbocycles. The number of methoxy groups -OCH3 is 1. The van der Waals surface area contributed by atoms with Crippen molar-refractivity contribution in [3.8, 4) is 0 Å². The van der Waals surface area contributed by atoms with Crippen LogP contribution in [0.15, 0.2) is 42.5 Å². The summed E-state index contributed by atoms with van der Waals surface area (Å²) in [6, 6.07) is 14.3. The van der Waals surface area contributed by atoms with E-state index >= 15 is 0 Å². The summed E-state index contributed by atoms with van der Waals surface area (Å²) in [6.45, 7) is 2.79. The summed E-state index contributed by atoms with van der Waals surface area (Å²) in [5, 5.41) is 2.39. The van der Waals surface area contributed by atoms with Crippen molar-refractivity contribution in [1.29, 1.82) is 0 Å². The summed E-state index contributed by atoms with van der Waals surface area (Å²) in [5.41, 5.74) is 7.36. The van der Waals surface area contributed by atoms with Crippen LogP contribution in [0.25, 0.3) is 10.8 Å². The van der Waals surface area contributed by atoms with Crippen LogP contribution in [0.3, 0.4) is 0 Å². The van der Waals surface area contributed by atoms with Gasteiger partial charge in [-0.2, -0.15) is 0 Å². The molecule has 0 aliphatic heterocycles. The second-order valence-electron chi connectivity index (χ2n) is 4.85. The van der Waals surface area contributed by atoms with Gasteiger partial charge in [-0.1, -0.05) is 42.5 Å². The predicted molar refractivity (Wildman–Crippen MR) is 84.4 cm³/mol. The number of rotatable bonds is 9. The smallest absolute Gasteiger partial charge is 0.0701 e. The van der Waals surface area contributed by atoms with E-state index in [1.165, 1.54) is 10.8 Å². The van der Waals surface area contributed by atoms with Crippen LogP contribution in [0.5, 0.6) is 0 Å². The van der Waals surface area contributed by atoms with E-state index in [0.717, 1.165) is 5.56 Å².